The number of carbonyl (C=O) groups is 1. The van der Waals surface area contributed by atoms with E-state index in [9.17, 15) is 13.2 Å². The Morgan fingerprint density at radius 1 is 1.27 bits per heavy atom. The summed E-state index contributed by atoms with van der Waals surface area (Å²) in [6.45, 7) is 6.17. The minimum absolute atomic E-state index is 0.0798. The molecule has 1 aliphatic heterocycles. The molecule has 1 atom stereocenters. The molecule has 10 heteroatoms. The van der Waals surface area contributed by atoms with Crippen LogP contribution in [0.2, 0.25) is 0 Å². The molecule has 0 spiro atoms. The van der Waals surface area contributed by atoms with Gasteiger partial charge in [-0.25, -0.2) is 22.7 Å². The lowest BCUT2D eigenvalue weighted by molar-refractivity contribution is -0.122. The molecule has 1 unspecified atom stereocenters. The second-order valence-corrected chi connectivity index (χ2v) is 9.00. The molecule has 3 rings (SSSR count). The summed E-state index contributed by atoms with van der Waals surface area (Å²) < 4.78 is 32.3. The first-order chi connectivity index (χ1) is 15.9. The monoisotopic (exact) mass is 467 g/mol. The quantitative estimate of drug-likeness (QED) is 0.415. The van der Waals surface area contributed by atoms with Crippen molar-refractivity contribution in [3.8, 4) is 5.75 Å². The Bertz CT molecular complexity index is 1180. The molecule has 33 heavy (non-hydrogen) atoms. The second kappa shape index (κ2) is 10.7. The highest BCUT2D eigenvalue weighted by molar-refractivity contribution is 7.92. The van der Waals surface area contributed by atoms with Crippen molar-refractivity contribution in [2.75, 3.05) is 24.5 Å². The van der Waals surface area contributed by atoms with Crippen molar-refractivity contribution in [2.24, 2.45) is 4.99 Å². The van der Waals surface area contributed by atoms with Crippen LogP contribution in [0, 0.1) is 0 Å². The fourth-order valence-corrected chi connectivity index (χ4v) is 4.04. The Morgan fingerprint density at radius 2 is 1.97 bits per heavy atom. The Balaban J connectivity index is 1.58. The maximum absolute atomic E-state index is 12.8. The van der Waals surface area contributed by atoms with Crippen molar-refractivity contribution >= 4 is 28.2 Å². The molecule has 1 aliphatic rings. The third-order valence-corrected chi connectivity index (χ3v) is 6.53. The molecule has 1 aromatic carbocycles. The number of sulfonamides is 1. The second-order valence-electron chi connectivity index (χ2n) is 7.03. The van der Waals surface area contributed by atoms with Gasteiger partial charge in [-0.2, -0.15) is 0 Å². The Morgan fingerprint density at radius 3 is 2.61 bits per heavy atom. The van der Waals surface area contributed by atoms with Crippen LogP contribution in [-0.2, 0) is 14.8 Å². The lowest BCUT2D eigenvalue weighted by Crippen LogP contribution is -2.32. The highest BCUT2D eigenvalue weighted by Crippen LogP contribution is 2.21. The van der Waals surface area contributed by atoms with Crippen LogP contribution in [0.15, 0.2) is 89.1 Å². The molecular formula is C23H25N5O4S. The van der Waals surface area contributed by atoms with Crippen LogP contribution < -0.4 is 9.04 Å². The van der Waals surface area contributed by atoms with E-state index < -0.39 is 10.0 Å². The van der Waals surface area contributed by atoms with Crippen molar-refractivity contribution in [1.29, 1.82) is 0 Å². The van der Waals surface area contributed by atoms with Crippen molar-refractivity contribution in [2.45, 2.75) is 17.9 Å². The molecule has 1 aromatic heterocycles. The standard InChI is InChI=1S/C23H25N5O4S/c1-4-6-8-18(5-2)22(29)28-15-19(26-17-28)16-32-20-9-11-21(12-10-20)33(30,31)27(3)23-24-13-7-14-25-23/h4-14,17,19H,2,15-16H2,1,3H3. The molecule has 0 N–H and O–H groups in total. The number of carbonyl (C=O) groups excluding carboxylic acids is 1. The average Bonchev–Trinajstić information content (AvgIpc) is 3.32. The van der Waals surface area contributed by atoms with Gasteiger partial charge in [-0.15, -0.1) is 0 Å². The van der Waals surface area contributed by atoms with Crippen molar-refractivity contribution in [3.05, 3.63) is 79.2 Å². The van der Waals surface area contributed by atoms with Gasteiger partial charge in [0.05, 0.1) is 17.8 Å². The summed E-state index contributed by atoms with van der Waals surface area (Å²) in [6.07, 6.45) is 11.3. The number of rotatable bonds is 9. The SMILES string of the molecule is C=CC(=CC=CC)C(=O)N1C=NC(COc2ccc(S(=O)(=O)N(C)c3ncccn3)cc2)C1. The maximum atomic E-state index is 12.8. The van der Waals surface area contributed by atoms with E-state index in [2.05, 4.69) is 21.5 Å². The van der Waals surface area contributed by atoms with Crippen LogP contribution in [0.1, 0.15) is 6.92 Å². The first-order valence-electron chi connectivity index (χ1n) is 10.1. The van der Waals surface area contributed by atoms with E-state index in [0.29, 0.717) is 17.9 Å². The smallest absolute Gasteiger partial charge is 0.266 e. The number of anilines is 1. The van der Waals surface area contributed by atoms with Gasteiger partial charge in [-0.1, -0.05) is 24.8 Å². The molecular weight excluding hydrogens is 442 g/mol. The molecule has 9 nitrogen and oxygen atoms in total. The summed E-state index contributed by atoms with van der Waals surface area (Å²) in [4.78, 5) is 26.4. The molecule has 0 saturated carbocycles. The molecule has 0 bridgehead atoms. The number of amides is 1. The van der Waals surface area contributed by atoms with Crippen molar-refractivity contribution in [1.82, 2.24) is 14.9 Å². The van der Waals surface area contributed by atoms with Gasteiger partial charge in [0.25, 0.3) is 15.9 Å². The summed E-state index contributed by atoms with van der Waals surface area (Å²) in [5, 5.41) is 0. The van der Waals surface area contributed by atoms with Crippen LogP contribution in [0.25, 0.3) is 0 Å². The van der Waals surface area contributed by atoms with E-state index in [1.807, 2.05) is 13.0 Å². The fourth-order valence-electron chi connectivity index (χ4n) is 2.94. The van der Waals surface area contributed by atoms with E-state index >= 15 is 0 Å². The number of hydrogen-bond acceptors (Lipinski definition) is 7. The maximum Gasteiger partial charge on any atom is 0.266 e. The zero-order chi connectivity index (χ0) is 23.8. The minimum Gasteiger partial charge on any atom is -0.491 e. The topological polar surface area (TPSA) is 105 Å². The van der Waals surface area contributed by atoms with Crippen LogP contribution in [0.4, 0.5) is 5.95 Å². The van der Waals surface area contributed by atoms with E-state index in [0.717, 1.165) is 4.31 Å². The summed E-state index contributed by atoms with van der Waals surface area (Å²) in [5.74, 6) is 0.388. The number of nitrogens with zero attached hydrogens (tertiary/aromatic N) is 5. The van der Waals surface area contributed by atoms with E-state index in [1.165, 1.54) is 48.9 Å². The van der Waals surface area contributed by atoms with Crippen LogP contribution in [-0.4, -0.2) is 61.8 Å². The first kappa shape index (κ1) is 23.9. The average molecular weight is 468 g/mol. The van der Waals surface area contributed by atoms with Gasteiger partial charge in [-0.05, 0) is 43.3 Å². The Hall–Kier alpha value is -3.79. The number of aromatic nitrogens is 2. The normalized spacial score (nSPS) is 16.2. The molecule has 0 fully saturated rings. The van der Waals surface area contributed by atoms with Crippen LogP contribution in [0.3, 0.4) is 0 Å². The predicted molar refractivity (Wildman–Crippen MR) is 127 cm³/mol. The highest BCUT2D eigenvalue weighted by Gasteiger charge is 2.25. The number of hydrogen-bond donors (Lipinski definition) is 0. The molecule has 0 aliphatic carbocycles. The largest absolute Gasteiger partial charge is 0.491 e. The molecule has 0 radical (unpaired) electrons. The summed E-state index contributed by atoms with van der Waals surface area (Å²) in [5.41, 5.74) is 0.476. The van der Waals surface area contributed by atoms with Crippen LogP contribution >= 0.6 is 0 Å². The summed E-state index contributed by atoms with van der Waals surface area (Å²) in [7, 11) is -2.41. The third kappa shape index (κ3) is 5.72. The van der Waals surface area contributed by atoms with E-state index in [1.54, 1.807) is 30.4 Å². The highest BCUT2D eigenvalue weighted by atomic mass is 32.2. The van der Waals surface area contributed by atoms with Gasteiger partial charge in [-0.3, -0.25) is 14.7 Å². The van der Waals surface area contributed by atoms with Crippen molar-refractivity contribution < 1.29 is 17.9 Å². The molecule has 1 amide bonds. The molecule has 2 heterocycles. The van der Waals surface area contributed by atoms with Gasteiger partial charge in [0.1, 0.15) is 18.4 Å². The zero-order valence-electron chi connectivity index (χ0n) is 18.4. The third-order valence-electron chi connectivity index (χ3n) is 4.78. The Kier molecular flexibility index (Phi) is 7.73. The van der Waals surface area contributed by atoms with Gasteiger partial charge >= 0.3 is 0 Å². The van der Waals surface area contributed by atoms with Gasteiger partial charge in [0.15, 0.2) is 0 Å². The number of benzene rings is 1. The number of ether oxygens (including phenoxy) is 1. The predicted octanol–water partition coefficient (Wildman–Crippen LogP) is 2.61. The minimum atomic E-state index is -3.81. The Labute approximate surface area is 193 Å². The number of aliphatic imine (C=N–C) groups is 1. The summed E-state index contributed by atoms with van der Waals surface area (Å²) in [6, 6.07) is 7.44. The van der Waals surface area contributed by atoms with Crippen LogP contribution in [0.5, 0.6) is 5.75 Å². The first-order valence-corrected chi connectivity index (χ1v) is 11.6. The zero-order valence-corrected chi connectivity index (χ0v) is 19.2. The van der Waals surface area contributed by atoms with E-state index in [-0.39, 0.29) is 29.4 Å². The molecule has 0 saturated heterocycles. The molecule has 2 aromatic rings. The lowest BCUT2D eigenvalue weighted by Gasteiger charge is -2.17. The fraction of sp³-hybridized carbons (Fsp3) is 0.217. The molecule has 172 valence electrons. The van der Waals surface area contributed by atoms with Gasteiger partial charge in [0.2, 0.25) is 5.95 Å². The van der Waals surface area contributed by atoms with Gasteiger partial charge < -0.3 is 4.74 Å². The van der Waals surface area contributed by atoms with E-state index in [4.69, 9.17) is 4.74 Å². The summed E-state index contributed by atoms with van der Waals surface area (Å²) >= 11 is 0. The lowest BCUT2D eigenvalue weighted by atomic mass is 10.2. The van der Waals surface area contributed by atoms with Crippen molar-refractivity contribution in [3.63, 3.8) is 0 Å². The number of allylic oxidation sites excluding steroid dienone is 3. The van der Waals surface area contributed by atoms with Gasteiger partial charge in [0, 0.05) is 25.0 Å².